The second kappa shape index (κ2) is 12.9. The first-order valence-corrected chi connectivity index (χ1v) is 12.5. The lowest BCUT2D eigenvalue weighted by molar-refractivity contribution is -0.118. The summed E-state index contributed by atoms with van der Waals surface area (Å²) in [6.45, 7) is 4.94. The van der Waals surface area contributed by atoms with Crippen molar-refractivity contribution in [3.8, 4) is 0 Å². The Kier molecular flexibility index (Phi) is 9.65. The minimum Gasteiger partial charge on any atom is -0.507 e. The molecule has 3 N–H and O–H groups in total. The Morgan fingerprint density at radius 2 is 1.63 bits per heavy atom. The Bertz CT molecular complexity index is 1010. The van der Waals surface area contributed by atoms with E-state index < -0.39 is 17.7 Å². The van der Waals surface area contributed by atoms with Gasteiger partial charge in [-0.2, -0.15) is 0 Å². The maximum absolute atomic E-state index is 12.6. The summed E-state index contributed by atoms with van der Waals surface area (Å²) in [6, 6.07) is -0.691. The normalized spacial score (nSPS) is 38.0. The van der Waals surface area contributed by atoms with Crippen LogP contribution in [0.4, 0.5) is 0 Å². The summed E-state index contributed by atoms with van der Waals surface area (Å²) in [7, 11) is 0. The average Bonchev–Trinajstić information content (AvgIpc) is 3.29. The van der Waals surface area contributed by atoms with Crippen molar-refractivity contribution in [2.24, 2.45) is 23.7 Å². The number of hydrogen-bond acceptors (Lipinski definition) is 4. The first kappa shape index (κ1) is 26.2. The number of ketones is 1. The highest BCUT2D eigenvalue weighted by Gasteiger charge is 2.38. The summed E-state index contributed by atoms with van der Waals surface area (Å²) < 4.78 is 0. The SMILES string of the molecule is CC[C@@H]1C[C@H]2/C=C/C=C/C=C/C(=O)NCCC[C@@H]3NC(=O)/C(=C(O)/C=C/C=C/C=C/[C@H]2C1C)C3=O. The van der Waals surface area contributed by atoms with E-state index in [1.54, 1.807) is 18.2 Å². The standard InChI is InChI=1S/C29H36N2O4/c1-3-21-19-22-13-8-4-7-11-17-26(33)30-18-12-15-24-28(34)27(29(35)31-24)25(32)16-10-6-5-9-14-23(22)20(21)2/h4-11,13-14,16-17,20-24,32H,3,12,15,18-19H2,1-2H3,(H,30,33)(H,31,35)/b6-5+,7-4+,13-8+,14-9+,16-10+,17-11+,27-25-/t20?,21-,22-,23+,24+/m1/s1. The quantitative estimate of drug-likeness (QED) is 0.489. The van der Waals surface area contributed by atoms with E-state index in [1.165, 1.54) is 12.2 Å². The molecule has 2 aliphatic heterocycles. The van der Waals surface area contributed by atoms with Gasteiger partial charge in [0.1, 0.15) is 11.3 Å². The molecule has 1 unspecified atom stereocenters. The van der Waals surface area contributed by atoms with Crippen molar-refractivity contribution in [1.29, 1.82) is 0 Å². The van der Waals surface area contributed by atoms with Crippen LogP contribution in [-0.4, -0.2) is 35.3 Å². The van der Waals surface area contributed by atoms with Crippen LogP contribution in [0.5, 0.6) is 0 Å². The number of aliphatic hydroxyl groups is 1. The number of rotatable bonds is 1. The van der Waals surface area contributed by atoms with Crippen molar-refractivity contribution in [2.75, 3.05) is 6.54 Å². The summed E-state index contributed by atoms with van der Waals surface area (Å²) in [4.78, 5) is 36.8. The van der Waals surface area contributed by atoms with Crippen LogP contribution in [0, 0.1) is 23.7 Å². The van der Waals surface area contributed by atoms with Gasteiger partial charge in [-0.15, -0.1) is 0 Å². The van der Waals surface area contributed by atoms with Gasteiger partial charge in [0.25, 0.3) is 5.91 Å². The molecule has 1 saturated heterocycles. The minimum absolute atomic E-state index is 0.213. The van der Waals surface area contributed by atoms with Crippen molar-refractivity contribution < 1.29 is 19.5 Å². The predicted octanol–water partition coefficient (Wildman–Crippen LogP) is 4.41. The van der Waals surface area contributed by atoms with Crippen LogP contribution in [0.25, 0.3) is 0 Å². The van der Waals surface area contributed by atoms with Crippen molar-refractivity contribution in [1.82, 2.24) is 10.6 Å². The van der Waals surface area contributed by atoms with Gasteiger partial charge in [-0.1, -0.05) is 81.0 Å². The molecule has 3 rings (SSSR count). The summed E-state index contributed by atoms with van der Waals surface area (Å²) >= 11 is 0. The first-order valence-electron chi connectivity index (χ1n) is 12.5. The number of carbonyl (C=O) groups is 3. The third-order valence-corrected chi connectivity index (χ3v) is 7.12. The maximum Gasteiger partial charge on any atom is 0.259 e. The lowest BCUT2D eigenvalue weighted by Crippen LogP contribution is -2.30. The maximum atomic E-state index is 12.6. The molecule has 3 aliphatic rings. The van der Waals surface area contributed by atoms with Crippen LogP contribution in [0.3, 0.4) is 0 Å². The second-order valence-corrected chi connectivity index (χ2v) is 9.35. The van der Waals surface area contributed by atoms with Crippen LogP contribution in [0.2, 0.25) is 0 Å². The minimum atomic E-state index is -0.691. The van der Waals surface area contributed by atoms with Crippen molar-refractivity contribution in [3.63, 3.8) is 0 Å². The highest BCUT2D eigenvalue weighted by atomic mass is 16.3. The largest absolute Gasteiger partial charge is 0.507 e. The molecule has 2 fully saturated rings. The van der Waals surface area contributed by atoms with Crippen LogP contribution in [-0.2, 0) is 14.4 Å². The molecule has 1 aliphatic carbocycles. The van der Waals surface area contributed by atoms with E-state index in [0.29, 0.717) is 43.1 Å². The van der Waals surface area contributed by atoms with E-state index >= 15 is 0 Å². The molecule has 0 radical (unpaired) electrons. The van der Waals surface area contributed by atoms with Gasteiger partial charge in [-0.3, -0.25) is 14.4 Å². The molecule has 2 heterocycles. The highest BCUT2D eigenvalue weighted by molar-refractivity contribution is 6.27. The number of Topliss-reactive ketones (excluding diaryl/α,β-unsaturated/α-hetero) is 1. The number of aliphatic hydroxyl groups excluding tert-OH is 1. The van der Waals surface area contributed by atoms with E-state index in [4.69, 9.17) is 0 Å². The number of carbonyl (C=O) groups excluding carboxylic acids is 3. The molecule has 2 amide bonds. The molecule has 6 heteroatoms. The van der Waals surface area contributed by atoms with Crippen LogP contribution in [0.15, 0.2) is 84.2 Å². The molecule has 35 heavy (non-hydrogen) atoms. The Morgan fingerprint density at radius 3 is 2.37 bits per heavy atom. The van der Waals surface area contributed by atoms with Gasteiger partial charge in [0.2, 0.25) is 5.91 Å². The third-order valence-electron chi connectivity index (χ3n) is 7.12. The number of fused-ring (bicyclic) bond motifs is 3. The van der Waals surface area contributed by atoms with Crippen molar-refractivity contribution >= 4 is 17.6 Å². The molecular weight excluding hydrogens is 440 g/mol. The van der Waals surface area contributed by atoms with Gasteiger partial charge in [0, 0.05) is 12.6 Å². The molecule has 1 saturated carbocycles. The molecule has 0 spiro atoms. The van der Waals surface area contributed by atoms with Crippen molar-refractivity contribution in [3.05, 3.63) is 84.2 Å². The smallest absolute Gasteiger partial charge is 0.259 e. The van der Waals surface area contributed by atoms with Crippen LogP contribution in [0.1, 0.15) is 39.5 Å². The zero-order chi connectivity index (χ0) is 25.2. The lowest BCUT2D eigenvalue weighted by Gasteiger charge is -2.18. The molecule has 5 atom stereocenters. The van der Waals surface area contributed by atoms with Gasteiger partial charge < -0.3 is 15.7 Å². The molecule has 6 nitrogen and oxygen atoms in total. The highest BCUT2D eigenvalue weighted by Crippen LogP contribution is 2.44. The Labute approximate surface area is 207 Å². The Balaban J connectivity index is 1.80. The van der Waals surface area contributed by atoms with Gasteiger partial charge >= 0.3 is 0 Å². The van der Waals surface area contributed by atoms with E-state index in [9.17, 15) is 19.5 Å². The van der Waals surface area contributed by atoms with E-state index in [2.05, 4.69) is 42.7 Å². The number of amides is 2. The summed E-state index contributed by atoms with van der Waals surface area (Å²) in [6.07, 6.45) is 25.4. The Hall–Kier alpha value is -3.41. The van der Waals surface area contributed by atoms with Crippen LogP contribution < -0.4 is 10.6 Å². The molecule has 0 aromatic heterocycles. The topological polar surface area (TPSA) is 95.5 Å². The van der Waals surface area contributed by atoms with E-state index in [0.717, 1.165) is 12.8 Å². The number of nitrogens with one attached hydrogen (secondary N) is 2. The van der Waals surface area contributed by atoms with E-state index in [1.807, 2.05) is 24.3 Å². The van der Waals surface area contributed by atoms with Crippen LogP contribution >= 0.6 is 0 Å². The zero-order valence-electron chi connectivity index (χ0n) is 20.5. The van der Waals surface area contributed by atoms with Gasteiger partial charge in [-0.05, 0) is 49.0 Å². The molecule has 186 valence electrons. The van der Waals surface area contributed by atoms with Gasteiger partial charge in [0.15, 0.2) is 5.78 Å². The van der Waals surface area contributed by atoms with Gasteiger partial charge in [-0.25, -0.2) is 0 Å². The fourth-order valence-electron chi connectivity index (χ4n) is 5.12. The predicted molar refractivity (Wildman–Crippen MR) is 138 cm³/mol. The summed E-state index contributed by atoms with van der Waals surface area (Å²) in [5, 5.41) is 15.7. The van der Waals surface area contributed by atoms with Crippen molar-refractivity contribution in [2.45, 2.75) is 45.6 Å². The van der Waals surface area contributed by atoms with E-state index in [-0.39, 0.29) is 17.2 Å². The molecule has 0 aromatic rings. The summed E-state index contributed by atoms with van der Waals surface area (Å²) in [5.41, 5.74) is -0.215. The average molecular weight is 477 g/mol. The second-order valence-electron chi connectivity index (χ2n) is 9.35. The zero-order valence-corrected chi connectivity index (χ0v) is 20.5. The monoisotopic (exact) mass is 476 g/mol. The molecule has 2 bridgehead atoms. The molecule has 0 aromatic carbocycles. The first-order chi connectivity index (χ1) is 16.9. The third kappa shape index (κ3) is 7.04. The lowest BCUT2D eigenvalue weighted by atomic mass is 9.87. The molecular formula is C29H36N2O4. The fourth-order valence-corrected chi connectivity index (χ4v) is 5.12. The Morgan fingerprint density at radius 1 is 0.943 bits per heavy atom. The fraction of sp³-hybridized carbons (Fsp3) is 0.414. The number of allylic oxidation sites excluding steroid dienone is 11. The number of hydrogen-bond donors (Lipinski definition) is 3. The summed E-state index contributed by atoms with van der Waals surface area (Å²) in [5.74, 6) is 0.579. The van der Waals surface area contributed by atoms with Gasteiger partial charge in [0.05, 0.1) is 6.04 Å².